The summed E-state index contributed by atoms with van der Waals surface area (Å²) in [6.07, 6.45) is 2.10. The molecule has 1 fully saturated rings. The summed E-state index contributed by atoms with van der Waals surface area (Å²) < 4.78 is 14.1. The van der Waals surface area contributed by atoms with Gasteiger partial charge >= 0.3 is 0 Å². The summed E-state index contributed by atoms with van der Waals surface area (Å²) in [5, 5.41) is 29.0. The third-order valence-electron chi connectivity index (χ3n) is 3.25. The van der Waals surface area contributed by atoms with Gasteiger partial charge in [-0.05, 0) is 31.0 Å². The number of rotatable bonds is 3. The minimum Gasteiger partial charge on any atom is -0.369 e. The van der Waals surface area contributed by atoms with Crippen molar-refractivity contribution in [2.75, 3.05) is 23.3 Å². The maximum Gasteiger partial charge on any atom is 0.163 e. The molecule has 2 rings (SSSR count). The van der Waals surface area contributed by atoms with E-state index in [-0.39, 0.29) is 11.3 Å². The first-order chi connectivity index (χ1) is 10.2. The first-order valence-electron chi connectivity index (χ1n) is 6.45. The van der Waals surface area contributed by atoms with Crippen LogP contribution in [0.2, 0.25) is 0 Å². The van der Waals surface area contributed by atoms with E-state index in [2.05, 4.69) is 5.32 Å². The molecular formula is C15H12FN5. The van der Waals surface area contributed by atoms with Crippen molar-refractivity contribution in [3.8, 4) is 18.2 Å². The summed E-state index contributed by atoms with van der Waals surface area (Å²) in [6, 6.07) is 9.50. The molecule has 0 aromatic heterocycles. The highest BCUT2D eigenvalue weighted by Crippen LogP contribution is 2.26. The van der Waals surface area contributed by atoms with Gasteiger partial charge in [0.05, 0.1) is 5.69 Å². The van der Waals surface area contributed by atoms with E-state index < -0.39 is 5.82 Å². The number of hydrogen-bond acceptors (Lipinski definition) is 5. The van der Waals surface area contributed by atoms with Crippen molar-refractivity contribution < 1.29 is 4.39 Å². The molecule has 104 valence electrons. The largest absolute Gasteiger partial charge is 0.369 e. The molecule has 0 atom stereocenters. The molecule has 0 radical (unpaired) electrons. The SMILES string of the molecule is N#CC(C#N)=C(C#N)Nc1ccc(N2CCCC2)c(F)c1. The Morgan fingerprint density at radius 2 is 1.76 bits per heavy atom. The van der Waals surface area contributed by atoms with Gasteiger partial charge < -0.3 is 10.2 Å². The zero-order valence-electron chi connectivity index (χ0n) is 11.2. The molecule has 1 aromatic rings. The lowest BCUT2D eigenvalue weighted by Crippen LogP contribution is -2.19. The van der Waals surface area contributed by atoms with E-state index >= 15 is 0 Å². The zero-order chi connectivity index (χ0) is 15.2. The smallest absolute Gasteiger partial charge is 0.163 e. The van der Waals surface area contributed by atoms with E-state index in [0.717, 1.165) is 25.9 Å². The Balaban J connectivity index is 2.25. The van der Waals surface area contributed by atoms with Gasteiger partial charge in [-0.1, -0.05) is 0 Å². The molecule has 0 amide bonds. The lowest BCUT2D eigenvalue weighted by molar-refractivity contribution is 0.623. The summed E-state index contributed by atoms with van der Waals surface area (Å²) in [6.45, 7) is 1.67. The number of halogens is 1. The zero-order valence-corrected chi connectivity index (χ0v) is 11.2. The summed E-state index contributed by atoms with van der Waals surface area (Å²) >= 11 is 0. The highest BCUT2D eigenvalue weighted by molar-refractivity contribution is 5.62. The van der Waals surface area contributed by atoms with E-state index in [1.54, 1.807) is 30.3 Å². The van der Waals surface area contributed by atoms with Crippen LogP contribution in [0, 0.1) is 39.8 Å². The highest BCUT2D eigenvalue weighted by Gasteiger charge is 2.16. The second-order valence-electron chi connectivity index (χ2n) is 4.57. The van der Waals surface area contributed by atoms with Gasteiger partial charge in [0.1, 0.15) is 29.7 Å². The Bertz CT molecular complexity index is 680. The molecule has 0 unspecified atom stereocenters. The average Bonchev–Trinajstić information content (AvgIpc) is 3.01. The van der Waals surface area contributed by atoms with Crippen LogP contribution >= 0.6 is 0 Å². The minimum absolute atomic E-state index is 0.187. The van der Waals surface area contributed by atoms with Crippen LogP contribution in [0.1, 0.15) is 12.8 Å². The Kier molecular flexibility index (Phi) is 4.39. The van der Waals surface area contributed by atoms with Crippen molar-refractivity contribution in [2.45, 2.75) is 12.8 Å². The molecule has 1 heterocycles. The lowest BCUT2D eigenvalue weighted by Gasteiger charge is -2.18. The number of allylic oxidation sites excluding steroid dienone is 2. The van der Waals surface area contributed by atoms with Crippen LogP contribution in [0.15, 0.2) is 29.5 Å². The number of nitrogens with one attached hydrogen (secondary N) is 1. The van der Waals surface area contributed by atoms with Crippen LogP contribution in [-0.2, 0) is 0 Å². The van der Waals surface area contributed by atoms with Crippen LogP contribution in [0.5, 0.6) is 0 Å². The van der Waals surface area contributed by atoms with Crippen LogP contribution < -0.4 is 10.2 Å². The fourth-order valence-corrected chi connectivity index (χ4v) is 2.23. The van der Waals surface area contributed by atoms with Crippen molar-refractivity contribution in [2.24, 2.45) is 0 Å². The van der Waals surface area contributed by atoms with E-state index in [1.807, 2.05) is 4.90 Å². The number of nitrogens with zero attached hydrogens (tertiary/aromatic N) is 4. The van der Waals surface area contributed by atoms with Gasteiger partial charge in [0.2, 0.25) is 0 Å². The molecule has 6 heteroatoms. The van der Waals surface area contributed by atoms with Crippen molar-refractivity contribution in [1.29, 1.82) is 15.8 Å². The molecule has 1 N–H and O–H groups in total. The molecule has 1 aromatic carbocycles. The van der Waals surface area contributed by atoms with Gasteiger partial charge in [-0.3, -0.25) is 0 Å². The molecule has 1 aliphatic rings. The van der Waals surface area contributed by atoms with Gasteiger partial charge in [-0.25, -0.2) is 4.39 Å². The topological polar surface area (TPSA) is 86.6 Å². The molecule has 0 bridgehead atoms. The van der Waals surface area contributed by atoms with Crippen LogP contribution in [0.4, 0.5) is 15.8 Å². The standard InChI is InChI=1S/C15H12FN5/c16-13-7-12(20-14(10-19)11(8-17)9-18)3-4-15(13)21-5-1-2-6-21/h3-4,7,20H,1-2,5-6H2. The van der Waals surface area contributed by atoms with Crippen LogP contribution in [0.3, 0.4) is 0 Å². The maximum atomic E-state index is 14.1. The molecule has 0 spiro atoms. The van der Waals surface area contributed by atoms with Crippen molar-refractivity contribution in [1.82, 2.24) is 0 Å². The number of nitriles is 3. The Hall–Kier alpha value is -3.04. The summed E-state index contributed by atoms with van der Waals surface area (Å²) in [5.74, 6) is -0.394. The molecule has 1 saturated heterocycles. The fraction of sp³-hybridized carbons (Fsp3) is 0.267. The van der Waals surface area contributed by atoms with Gasteiger partial charge in [-0.15, -0.1) is 0 Å². The molecule has 5 nitrogen and oxygen atoms in total. The monoisotopic (exact) mass is 281 g/mol. The van der Waals surface area contributed by atoms with Gasteiger partial charge in [0, 0.05) is 18.8 Å². The third-order valence-corrected chi connectivity index (χ3v) is 3.25. The van der Waals surface area contributed by atoms with Gasteiger partial charge in [0.25, 0.3) is 0 Å². The second-order valence-corrected chi connectivity index (χ2v) is 4.57. The van der Waals surface area contributed by atoms with Crippen molar-refractivity contribution in [3.05, 3.63) is 35.3 Å². The minimum atomic E-state index is -0.394. The van der Waals surface area contributed by atoms with Crippen molar-refractivity contribution in [3.63, 3.8) is 0 Å². The predicted octanol–water partition coefficient (Wildman–Crippen LogP) is 2.66. The lowest BCUT2D eigenvalue weighted by atomic mass is 10.2. The second kappa shape index (κ2) is 6.41. The highest BCUT2D eigenvalue weighted by atomic mass is 19.1. The summed E-state index contributed by atoms with van der Waals surface area (Å²) in [4.78, 5) is 1.97. The first-order valence-corrected chi connectivity index (χ1v) is 6.45. The number of benzene rings is 1. The van der Waals surface area contributed by atoms with Crippen molar-refractivity contribution >= 4 is 11.4 Å². The van der Waals surface area contributed by atoms with Crippen LogP contribution in [-0.4, -0.2) is 13.1 Å². The molecule has 0 saturated carbocycles. The molecule has 1 aliphatic heterocycles. The average molecular weight is 281 g/mol. The van der Waals surface area contributed by atoms with E-state index in [1.165, 1.54) is 6.07 Å². The number of hydrogen-bond donors (Lipinski definition) is 1. The normalized spacial score (nSPS) is 13.0. The Morgan fingerprint density at radius 1 is 1.10 bits per heavy atom. The van der Waals surface area contributed by atoms with E-state index in [9.17, 15) is 4.39 Å². The van der Waals surface area contributed by atoms with E-state index in [0.29, 0.717) is 11.4 Å². The van der Waals surface area contributed by atoms with Crippen LogP contribution in [0.25, 0.3) is 0 Å². The van der Waals surface area contributed by atoms with E-state index in [4.69, 9.17) is 15.8 Å². The quantitative estimate of drug-likeness (QED) is 0.861. The molecule has 0 aliphatic carbocycles. The predicted molar refractivity (Wildman–Crippen MR) is 75.3 cm³/mol. The number of anilines is 2. The van der Waals surface area contributed by atoms with Gasteiger partial charge in [-0.2, -0.15) is 15.8 Å². The van der Waals surface area contributed by atoms with Gasteiger partial charge in [0.15, 0.2) is 5.57 Å². The Labute approximate surface area is 122 Å². The summed E-state index contributed by atoms with van der Waals surface area (Å²) in [5.41, 5.74) is 0.339. The first kappa shape index (κ1) is 14.4. The molecule has 21 heavy (non-hydrogen) atoms. The third kappa shape index (κ3) is 3.11. The summed E-state index contributed by atoms with van der Waals surface area (Å²) in [7, 11) is 0. The molecular weight excluding hydrogens is 269 g/mol. The maximum absolute atomic E-state index is 14.1. The Morgan fingerprint density at radius 3 is 2.29 bits per heavy atom. The fourth-order valence-electron chi connectivity index (χ4n) is 2.23.